The number of benzene rings is 1. The number of rotatable bonds is 4. The zero-order valence-electron chi connectivity index (χ0n) is 10.9. The lowest BCUT2D eigenvalue weighted by molar-refractivity contribution is -0.274. The van der Waals surface area contributed by atoms with Crippen LogP contribution in [0, 0.1) is 0 Å². The van der Waals surface area contributed by atoms with Gasteiger partial charge in [-0.15, -0.1) is 13.2 Å². The molecule has 0 aliphatic carbocycles. The molecule has 1 aromatic rings. The molecule has 0 aliphatic heterocycles. The van der Waals surface area contributed by atoms with Gasteiger partial charge < -0.3 is 9.47 Å². The number of esters is 1. The van der Waals surface area contributed by atoms with Crippen LogP contribution in [-0.4, -0.2) is 12.3 Å². The molecular weight excluding hydrogens is 261 g/mol. The van der Waals surface area contributed by atoms with Crippen LogP contribution >= 0.6 is 0 Å². The molecule has 0 amide bonds. The average molecular weight is 276 g/mol. The number of ether oxygens (including phenoxy) is 2. The van der Waals surface area contributed by atoms with Crippen molar-refractivity contribution in [1.29, 1.82) is 0 Å². The first-order valence-corrected chi connectivity index (χ1v) is 5.72. The highest BCUT2D eigenvalue weighted by atomic mass is 19.4. The summed E-state index contributed by atoms with van der Waals surface area (Å²) < 4.78 is 45.1. The smallest absolute Gasteiger partial charge is 0.455 e. The lowest BCUT2D eigenvalue weighted by Crippen LogP contribution is -2.27. The summed E-state index contributed by atoms with van der Waals surface area (Å²) in [6, 6.07) is 5.29. The van der Waals surface area contributed by atoms with E-state index in [2.05, 4.69) is 4.74 Å². The molecule has 0 radical (unpaired) electrons. The minimum atomic E-state index is -4.72. The minimum absolute atomic E-state index is 0.308. The highest BCUT2D eigenvalue weighted by Crippen LogP contribution is 2.31. The molecule has 0 N–H and O–H groups in total. The first-order chi connectivity index (χ1) is 8.66. The van der Waals surface area contributed by atoms with Gasteiger partial charge in [-0.1, -0.05) is 19.1 Å². The number of carbonyl (C=O) groups excluding carboxylic acids is 1. The Bertz CT molecular complexity index is 439. The predicted molar refractivity (Wildman–Crippen MR) is 62.5 cm³/mol. The maximum atomic E-state index is 12.0. The van der Waals surface area contributed by atoms with Gasteiger partial charge in [0.15, 0.2) is 0 Å². The Balaban J connectivity index is 2.93. The lowest BCUT2D eigenvalue weighted by Gasteiger charge is -2.28. The third-order valence-corrected chi connectivity index (χ3v) is 2.74. The number of alkyl halides is 3. The Hall–Kier alpha value is -1.72. The van der Waals surface area contributed by atoms with Gasteiger partial charge in [0.1, 0.15) is 11.4 Å². The van der Waals surface area contributed by atoms with Crippen molar-refractivity contribution in [3.05, 3.63) is 29.8 Å². The summed E-state index contributed by atoms with van der Waals surface area (Å²) in [7, 11) is 0. The predicted octanol–water partition coefficient (Wildman–Crippen LogP) is 3.77. The van der Waals surface area contributed by atoms with Crippen LogP contribution in [0.1, 0.15) is 32.8 Å². The number of carbonyl (C=O) groups is 1. The van der Waals surface area contributed by atoms with E-state index in [1.165, 1.54) is 31.2 Å². The van der Waals surface area contributed by atoms with Crippen LogP contribution in [-0.2, 0) is 15.1 Å². The molecule has 0 heterocycles. The van der Waals surface area contributed by atoms with Crippen LogP contribution in [0.15, 0.2) is 24.3 Å². The van der Waals surface area contributed by atoms with Crippen LogP contribution in [0.5, 0.6) is 5.75 Å². The van der Waals surface area contributed by atoms with Crippen molar-refractivity contribution in [3.8, 4) is 5.75 Å². The SMILES string of the molecule is CCC(C)(OC(C)=O)c1ccc(OC(F)(F)F)cc1. The summed E-state index contributed by atoms with van der Waals surface area (Å²) in [5.41, 5.74) is -0.248. The topological polar surface area (TPSA) is 35.5 Å². The van der Waals surface area contributed by atoms with Gasteiger partial charge in [-0.3, -0.25) is 4.79 Å². The van der Waals surface area contributed by atoms with Crippen LogP contribution < -0.4 is 4.74 Å². The fourth-order valence-corrected chi connectivity index (χ4v) is 1.66. The van der Waals surface area contributed by atoms with E-state index >= 15 is 0 Å². The second-order valence-corrected chi connectivity index (χ2v) is 4.25. The van der Waals surface area contributed by atoms with Gasteiger partial charge in [-0.25, -0.2) is 0 Å². The van der Waals surface area contributed by atoms with Crippen LogP contribution in [0.3, 0.4) is 0 Å². The van der Waals surface area contributed by atoms with Gasteiger partial charge in [0.05, 0.1) is 0 Å². The molecule has 3 nitrogen and oxygen atoms in total. The van der Waals surface area contributed by atoms with E-state index in [4.69, 9.17) is 4.74 Å². The molecule has 0 saturated carbocycles. The maximum Gasteiger partial charge on any atom is 0.573 e. The highest BCUT2D eigenvalue weighted by Gasteiger charge is 2.32. The zero-order valence-corrected chi connectivity index (χ0v) is 10.9. The van der Waals surface area contributed by atoms with E-state index in [0.717, 1.165) is 0 Å². The standard InChI is InChI=1S/C13H15F3O3/c1-4-12(3,18-9(2)17)10-5-7-11(8-6-10)19-13(14,15)16/h5-8H,4H2,1-3H3. The quantitative estimate of drug-likeness (QED) is 0.785. The van der Waals surface area contributed by atoms with Crippen molar-refractivity contribution in [3.63, 3.8) is 0 Å². The lowest BCUT2D eigenvalue weighted by atomic mass is 9.93. The first kappa shape index (κ1) is 15.3. The summed E-state index contributed by atoms with van der Waals surface area (Å²) >= 11 is 0. The van der Waals surface area contributed by atoms with Crippen LogP contribution in [0.4, 0.5) is 13.2 Å². The van der Waals surface area contributed by atoms with Gasteiger partial charge >= 0.3 is 12.3 Å². The average Bonchev–Trinajstić information content (AvgIpc) is 2.26. The van der Waals surface area contributed by atoms with Gasteiger partial charge in [0, 0.05) is 6.92 Å². The van der Waals surface area contributed by atoms with E-state index in [1.54, 1.807) is 6.92 Å². The van der Waals surface area contributed by atoms with Crippen molar-refractivity contribution < 1.29 is 27.4 Å². The molecule has 0 bridgehead atoms. The molecule has 6 heteroatoms. The molecule has 0 spiro atoms. The molecule has 106 valence electrons. The zero-order chi connectivity index (χ0) is 14.7. The van der Waals surface area contributed by atoms with Gasteiger partial charge in [-0.2, -0.15) is 0 Å². The summed E-state index contributed by atoms with van der Waals surface area (Å²) in [6.07, 6.45) is -4.21. The molecule has 0 fully saturated rings. The van der Waals surface area contributed by atoms with E-state index in [1.807, 2.05) is 6.92 Å². The van der Waals surface area contributed by atoms with E-state index in [9.17, 15) is 18.0 Å². The minimum Gasteiger partial charge on any atom is -0.455 e. The molecule has 0 aliphatic rings. The maximum absolute atomic E-state index is 12.0. The third-order valence-electron chi connectivity index (χ3n) is 2.74. The van der Waals surface area contributed by atoms with E-state index < -0.39 is 17.9 Å². The van der Waals surface area contributed by atoms with Gasteiger partial charge in [0.25, 0.3) is 0 Å². The first-order valence-electron chi connectivity index (χ1n) is 5.72. The second kappa shape index (κ2) is 5.50. The molecule has 0 saturated heterocycles. The molecule has 19 heavy (non-hydrogen) atoms. The van der Waals surface area contributed by atoms with Crippen LogP contribution in [0.2, 0.25) is 0 Å². The van der Waals surface area contributed by atoms with Crippen molar-refractivity contribution in [2.75, 3.05) is 0 Å². The molecule has 1 unspecified atom stereocenters. The largest absolute Gasteiger partial charge is 0.573 e. The number of hydrogen-bond acceptors (Lipinski definition) is 3. The molecule has 0 aromatic heterocycles. The molecule has 1 rings (SSSR count). The fourth-order valence-electron chi connectivity index (χ4n) is 1.66. The summed E-state index contributed by atoms with van der Waals surface area (Å²) in [5.74, 6) is -0.752. The van der Waals surface area contributed by atoms with E-state index in [-0.39, 0.29) is 5.75 Å². The van der Waals surface area contributed by atoms with Gasteiger partial charge in [0.2, 0.25) is 0 Å². The van der Waals surface area contributed by atoms with Crippen molar-refractivity contribution in [2.24, 2.45) is 0 Å². The fraction of sp³-hybridized carbons (Fsp3) is 0.462. The van der Waals surface area contributed by atoms with Crippen LogP contribution in [0.25, 0.3) is 0 Å². The Labute approximate surface area is 109 Å². The second-order valence-electron chi connectivity index (χ2n) is 4.25. The van der Waals surface area contributed by atoms with Crippen molar-refractivity contribution in [1.82, 2.24) is 0 Å². The number of halogens is 3. The van der Waals surface area contributed by atoms with E-state index in [0.29, 0.717) is 12.0 Å². The summed E-state index contributed by atoms with van der Waals surface area (Å²) in [4.78, 5) is 11.1. The number of hydrogen-bond donors (Lipinski definition) is 0. The molecular formula is C13H15F3O3. The summed E-state index contributed by atoms with van der Waals surface area (Å²) in [5, 5.41) is 0. The molecule has 1 atom stereocenters. The molecule has 1 aromatic carbocycles. The Morgan fingerprint density at radius 1 is 1.21 bits per heavy atom. The van der Waals surface area contributed by atoms with Crippen molar-refractivity contribution >= 4 is 5.97 Å². The Kier molecular flexibility index (Phi) is 4.44. The monoisotopic (exact) mass is 276 g/mol. The normalized spacial score (nSPS) is 14.6. The Morgan fingerprint density at radius 3 is 2.11 bits per heavy atom. The third kappa shape index (κ3) is 4.46. The summed E-state index contributed by atoms with van der Waals surface area (Å²) in [6.45, 7) is 4.81. The highest BCUT2D eigenvalue weighted by molar-refractivity contribution is 5.66. The Morgan fingerprint density at radius 2 is 1.74 bits per heavy atom. The van der Waals surface area contributed by atoms with Crippen molar-refractivity contribution in [2.45, 2.75) is 39.2 Å². The van der Waals surface area contributed by atoms with Gasteiger partial charge in [-0.05, 0) is 31.0 Å².